The van der Waals surface area contributed by atoms with Gasteiger partial charge in [0.25, 0.3) is 0 Å². The van der Waals surface area contributed by atoms with Crippen molar-refractivity contribution in [3.05, 3.63) is 46.3 Å². The standard InChI is InChI=1S/C25H33ClFN3O2/c1-15(2)9-16-10-19(11-16)25-29-28-24(30(25)21-5-6-21)18(7-8-31)13-22(32)12-17-3-4-20(26)14-23(17)27/h3-4,14-16,18-19,21,31H,5-13H2,1-2H3/t16?,18-,19?/m0/s1. The molecule has 2 aromatic rings. The van der Waals surface area contributed by atoms with Gasteiger partial charge in [0.15, 0.2) is 0 Å². The van der Waals surface area contributed by atoms with Crippen LogP contribution in [0.1, 0.15) is 93.9 Å². The summed E-state index contributed by atoms with van der Waals surface area (Å²) in [6.45, 7) is 4.51. The highest BCUT2D eigenvalue weighted by Crippen LogP contribution is 2.48. The molecule has 2 saturated carbocycles. The van der Waals surface area contributed by atoms with Gasteiger partial charge in [-0.15, -0.1) is 10.2 Å². The number of carbonyl (C=O) groups is 1. The van der Waals surface area contributed by atoms with Gasteiger partial charge < -0.3 is 9.67 Å². The molecule has 32 heavy (non-hydrogen) atoms. The third-order valence-corrected chi connectivity index (χ3v) is 7.02. The Hall–Kier alpha value is -1.79. The van der Waals surface area contributed by atoms with Gasteiger partial charge in [-0.2, -0.15) is 0 Å². The molecule has 2 aliphatic rings. The van der Waals surface area contributed by atoms with Gasteiger partial charge in [-0.3, -0.25) is 4.79 Å². The summed E-state index contributed by atoms with van der Waals surface area (Å²) in [5.41, 5.74) is 0.345. The predicted octanol–water partition coefficient (Wildman–Crippen LogP) is 5.61. The number of Topliss-reactive ketones (excluding diaryl/α,β-unsaturated/α-hetero) is 1. The number of rotatable bonds is 11. The Morgan fingerprint density at radius 2 is 2.03 bits per heavy atom. The number of aromatic nitrogens is 3. The summed E-state index contributed by atoms with van der Waals surface area (Å²) in [5.74, 6) is 3.03. The van der Waals surface area contributed by atoms with Crippen molar-refractivity contribution in [2.24, 2.45) is 11.8 Å². The first kappa shape index (κ1) is 23.4. The van der Waals surface area contributed by atoms with Gasteiger partial charge in [0.2, 0.25) is 0 Å². The van der Waals surface area contributed by atoms with Crippen LogP contribution in [-0.2, 0) is 11.2 Å². The fraction of sp³-hybridized carbons (Fsp3) is 0.640. The van der Waals surface area contributed by atoms with Crippen LogP contribution in [0, 0.1) is 17.7 Å². The first-order chi connectivity index (χ1) is 15.4. The van der Waals surface area contributed by atoms with Crippen LogP contribution in [0.2, 0.25) is 5.02 Å². The predicted molar refractivity (Wildman–Crippen MR) is 122 cm³/mol. The molecule has 1 N–H and O–H groups in total. The number of nitrogens with zero attached hydrogens (tertiary/aromatic N) is 3. The smallest absolute Gasteiger partial charge is 0.138 e. The van der Waals surface area contributed by atoms with E-state index in [0.29, 0.717) is 34.9 Å². The minimum absolute atomic E-state index is 0.00879. The molecule has 0 amide bonds. The van der Waals surface area contributed by atoms with Gasteiger partial charge >= 0.3 is 0 Å². The molecule has 0 radical (unpaired) electrons. The number of aliphatic hydroxyl groups excluding tert-OH is 1. The van der Waals surface area contributed by atoms with E-state index in [9.17, 15) is 14.3 Å². The molecule has 0 saturated heterocycles. The van der Waals surface area contributed by atoms with E-state index >= 15 is 0 Å². The Morgan fingerprint density at radius 3 is 2.66 bits per heavy atom. The van der Waals surface area contributed by atoms with E-state index in [4.69, 9.17) is 11.6 Å². The van der Waals surface area contributed by atoms with Gasteiger partial charge in [0.1, 0.15) is 23.2 Å². The topological polar surface area (TPSA) is 68.0 Å². The minimum Gasteiger partial charge on any atom is -0.396 e. The van der Waals surface area contributed by atoms with E-state index in [-0.39, 0.29) is 31.1 Å². The zero-order chi connectivity index (χ0) is 22.8. The summed E-state index contributed by atoms with van der Waals surface area (Å²) in [6, 6.07) is 4.80. The maximum Gasteiger partial charge on any atom is 0.138 e. The largest absolute Gasteiger partial charge is 0.396 e. The number of hydrogen-bond donors (Lipinski definition) is 1. The molecule has 2 fully saturated rings. The van der Waals surface area contributed by atoms with Gasteiger partial charge in [-0.05, 0) is 68.1 Å². The van der Waals surface area contributed by atoms with Crippen molar-refractivity contribution in [3.8, 4) is 0 Å². The Balaban J connectivity index is 1.48. The summed E-state index contributed by atoms with van der Waals surface area (Å²) in [4.78, 5) is 12.8. The molecule has 2 aliphatic carbocycles. The molecule has 4 rings (SSSR count). The first-order valence-electron chi connectivity index (χ1n) is 11.9. The van der Waals surface area contributed by atoms with Crippen molar-refractivity contribution in [3.63, 3.8) is 0 Å². The Kier molecular flexibility index (Phi) is 7.30. The fourth-order valence-corrected chi connectivity index (χ4v) is 5.25. The SMILES string of the molecule is CC(C)CC1CC(c2nnc([C@@H](CCO)CC(=O)Cc3ccc(Cl)cc3F)n2C2CC2)C1. The number of benzene rings is 1. The molecule has 0 bridgehead atoms. The lowest BCUT2D eigenvalue weighted by atomic mass is 9.71. The lowest BCUT2D eigenvalue weighted by Gasteiger charge is -2.36. The van der Waals surface area contributed by atoms with Crippen molar-refractivity contribution in [2.45, 2.75) is 83.1 Å². The average molecular weight is 462 g/mol. The van der Waals surface area contributed by atoms with Crippen LogP contribution in [0.5, 0.6) is 0 Å². The maximum absolute atomic E-state index is 14.1. The van der Waals surface area contributed by atoms with Crippen LogP contribution >= 0.6 is 11.6 Å². The number of halogens is 2. The molecule has 1 atom stereocenters. The summed E-state index contributed by atoms with van der Waals surface area (Å²) in [6.07, 6.45) is 6.45. The highest BCUT2D eigenvalue weighted by molar-refractivity contribution is 6.30. The lowest BCUT2D eigenvalue weighted by Crippen LogP contribution is -2.26. The normalized spacial score (nSPS) is 21.6. The van der Waals surface area contributed by atoms with Crippen LogP contribution in [0.25, 0.3) is 0 Å². The van der Waals surface area contributed by atoms with Crippen molar-refractivity contribution < 1.29 is 14.3 Å². The summed E-state index contributed by atoms with van der Waals surface area (Å²) < 4.78 is 16.4. The van der Waals surface area contributed by atoms with E-state index < -0.39 is 5.82 Å². The number of carbonyl (C=O) groups excluding carboxylic acids is 1. The molecular weight excluding hydrogens is 429 g/mol. The van der Waals surface area contributed by atoms with Crippen molar-refractivity contribution in [1.29, 1.82) is 0 Å². The lowest BCUT2D eigenvalue weighted by molar-refractivity contribution is -0.119. The van der Waals surface area contributed by atoms with E-state index in [1.54, 1.807) is 12.1 Å². The summed E-state index contributed by atoms with van der Waals surface area (Å²) in [7, 11) is 0. The maximum atomic E-state index is 14.1. The van der Waals surface area contributed by atoms with E-state index in [1.807, 2.05) is 0 Å². The third-order valence-electron chi connectivity index (χ3n) is 6.79. The van der Waals surface area contributed by atoms with E-state index in [2.05, 4.69) is 28.6 Å². The van der Waals surface area contributed by atoms with Gasteiger partial charge in [0.05, 0.1) is 0 Å². The molecule has 174 valence electrons. The second-order valence-electron chi connectivity index (χ2n) is 10.0. The Labute approximate surface area is 194 Å². The molecule has 7 heteroatoms. The number of aliphatic hydroxyl groups is 1. The molecule has 0 aliphatic heterocycles. The zero-order valence-corrected chi connectivity index (χ0v) is 19.7. The quantitative estimate of drug-likeness (QED) is 0.472. The van der Waals surface area contributed by atoms with E-state index in [0.717, 1.165) is 43.3 Å². The molecule has 1 heterocycles. The Bertz CT molecular complexity index is 951. The first-order valence-corrected chi connectivity index (χ1v) is 12.2. The highest BCUT2D eigenvalue weighted by atomic mass is 35.5. The third kappa shape index (κ3) is 5.40. The zero-order valence-electron chi connectivity index (χ0n) is 18.9. The van der Waals surface area contributed by atoms with Crippen LogP contribution in [0.15, 0.2) is 18.2 Å². The average Bonchev–Trinajstić information content (AvgIpc) is 3.45. The van der Waals surface area contributed by atoms with Crippen molar-refractivity contribution >= 4 is 17.4 Å². The van der Waals surface area contributed by atoms with Crippen molar-refractivity contribution in [2.75, 3.05) is 6.61 Å². The molecule has 1 aromatic carbocycles. The van der Waals surface area contributed by atoms with Crippen molar-refractivity contribution in [1.82, 2.24) is 14.8 Å². The fourth-order valence-electron chi connectivity index (χ4n) is 5.09. The second-order valence-corrected chi connectivity index (χ2v) is 10.5. The summed E-state index contributed by atoms with van der Waals surface area (Å²) >= 11 is 5.82. The Morgan fingerprint density at radius 1 is 1.28 bits per heavy atom. The van der Waals surface area contributed by atoms with Gasteiger partial charge in [0, 0.05) is 42.3 Å². The molecule has 1 aromatic heterocycles. The van der Waals surface area contributed by atoms with Crippen LogP contribution in [0.3, 0.4) is 0 Å². The number of hydrogen-bond acceptors (Lipinski definition) is 4. The van der Waals surface area contributed by atoms with Crippen LogP contribution < -0.4 is 0 Å². The summed E-state index contributed by atoms with van der Waals surface area (Å²) in [5, 5.41) is 19.1. The second kappa shape index (κ2) is 10.0. The monoisotopic (exact) mass is 461 g/mol. The van der Waals surface area contributed by atoms with Crippen LogP contribution in [-0.4, -0.2) is 32.3 Å². The number of ketones is 1. The molecule has 0 spiro atoms. The minimum atomic E-state index is -0.464. The van der Waals surface area contributed by atoms with Crippen LogP contribution in [0.4, 0.5) is 4.39 Å². The molecule has 5 nitrogen and oxygen atoms in total. The molecular formula is C25H33ClFN3O2. The van der Waals surface area contributed by atoms with Gasteiger partial charge in [-0.25, -0.2) is 4.39 Å². The van der Waals surface area contributed by atoms with Gasteiger partial charge in [-0.1, -0.05) is 31.5 Å². The van der Waals surface area contributed by atoms with E-state index in [1.165, 1.54) is 12.5 Å². The molecule has 0 unspecified atom stereocenters. The highest BCUT2D eigenvalue weighted by Gasteiger charge is 2.39.